The van der Waals surface area contributed by atoms with Gasteiger partial charge in [0, 0.05) is 12.6 Å². The summed E-state index contributed by atoms with van der Waals surface area (Å²) in [6.07, 6.45) is 3.56. The van der Waals surface area contributed by atoms with Gasteiger partial charge in [-0.15, -0.1) is 0 Å². The number of carbonyl (C=O) groups is 2. The molecule has 0 heterocycles. The van der Waals surface area contributed by atoms with E-state index < -0.39 is 5.91 Å². The van der Waals surface area contributed by atoms with Crippen molar-refractivity contribution in [2.45, 2.75) is 6.42 Å². The van der Waals surface area contributed by atoms with Crippen molar-refractivity contribution in [1.82, 2.24) is 10.6 Å². The normalized spacial score (nSPS) is 10.5. The number of para-hydroxylation sites is 1. The Hall–Kier alpha value is -3.84. The molecule has 32 heavy (non-hydrogen) atoms. The van der Waals surface area contributed by atoms with Crippen molar-refractivity contribution in [2.24, 2.45) is 0 Å². The van der Waals surface area contributed by atoms with Gasteiger partial charge < -0.3 is 10.6 Å². The molecule has 3 aromatic rings. The fraction of sp³-hybridized carbons (Fsp3) is 0.0800. The maximum Gasteiger partial charge on any atom is 0.253 e. The summed E-state index contributed by atoms with van der Waals surface area (Å²) in [4.78, 5) is 24.7. The number of rotatable bonds is 7. The van der Waals surface area contributed by atoms with Gasteiger partial charge in [-0.05, 0) is 60.1 Å². The van der Waals surface area contributed by atoms with Gasteiger partial charge in [0.1, 0.15) is 5.82 Å². The molecule has 3 N–H and O–H groups in total. The zero-order valence-electron chi connectivity index (χ0n) is 17.2. The first kappa shape index (κ1) is 22.8. The summed E-state index contributed by atoms with van der Waals surface area (Å²) >= 11 is 5.20. The lowest BCUT2D eigenvalue weighted by molar-refractivity contribution is -0.115. The Morgan fingerprint density at radius 2 is 1.59 bits per heavy atom. The van der Waals surface area contributed by atoms with Gasteiger partial charge in [0.2, 0.25) is 5.91 Å². The Balaban J connectivity index is 1.54. The number of amides is 2. The molecule has 0 saturated carbocycles. The number of hydrogen-bond acceptors (Lipinski definition) is 3. The van der Waals surface area contributed by atoms with Gasteiger partial charge in [-0.25, -0.2) is 4.39 Å². The van der Waals surface area contributed by atoms with Crippen LogP contribution in [-0.4, -0.2) is 23.5 Å². The van der Waals surface area contributed by atoms with E-state index in [1.807, 2.05) is 30.3 Å². The number of carbonyl (C=O) groups excluding carboxylic acids is 2. The summed E-state index contributed by atoms with van der Waals surface area (Å²) in [6, 6.07) is 22.5. The predicted octanol–water partition coefficient (Wildman–Crippen LogP) is 4.32. The SMILES string of the molecule is O=C(C=Cc1ccc(F)cc1)NC(=S)Nc1ccccc1C(=O)NCCc1ccccc1. The molecule has 7 heteroatoms. The van der Waals surface area contributed by atoms with E-state index in [0.717, 1.165) is 12.0 Å². The van der Waals surface area contributed by atoms with Crippen molar-refractivity contribution >= 4 is 40.9 Å². The maximum absolute atomic E-state index is 12.9. The molecule has 0 aliphatic carbocycles. The summed E-state index contributed by atoms with van der Waals surface area (Å²) in [5, 5.41) is 8.38. The first-order chi connectivity index (χ1) is 15.5. The summed E-state index contributed by atoms with van der Waals surface area (Å²) in [5.74, 6) is -1.04. The van der Waals surface area contributed by atoms with Crippen LogP contribution in [0, 0.1) is 5.82 Å². The van der Waals surface area contributed by atoms with E-state index in [1.165, 1.54) is 18.2 Å². The van der Waals surface area contributed by atoms with Gasteiger partial charge in [-0.3, -0.25) is 14.9 Å². The zero-order valence-corrected chi connectivity index (χ0v) is 18.0. The van der Waals surface area contributed by atoms with Gasteiger partial charge >= 0.3 is 0 Å². The van der Waals surface area contributed by atoms with Crippen LogP contribution in [0.25, 0.3) is 6.08 Å². The summed E-state index contributed by atoms with van der Waals surface area (Å²) in [5.41, 5.74) is 2.71. The topological polar surface area (TPSA) is 70.2 Å². The lowest BCUT2D eigenvalue weighted by Crippen LogP contribution is -2.34. The van der Waals surface area contributed by atoms with Crippen molar-refractivity contribution in [1.29, 1.82) is 0 Å². The van der Waals surface area contributed by atoms with Crippen LogP contribution in [0.4, 0.5) is 10.1 Å². The highest BCUT2D eigenvalue weighted by molar-refractivity contribution is 7.80. The van der Waals surface area contributed by atoms with E-state index in [9.17, 15) is 14.0 Å². The molecule has 0 spiro atoms. The smallest absolute Gasteiger partial charge is 0.253 e. The van der Waals surface area contributed by atoms with Crippen molar-refractivity contribution in [3.05, 3.63) is 107 Å². The fourth-order valence-corrected chi connectivity index (χ4v) is 3.11. The zero-order chi connectivity index (χ0) is 22.8. The molecular formula is C25H22FN3O2S. The lowest BCUT2D eigenvalue weighted by Gasteiger charge is -2.13. The molecular weight excluding hydrogens is 425 g/mol. The third kappa shape index (κ3) is 7.14. The number of halogens is 1. The molecule has 0 radical (unpaired) electrons. The molecule has 0 fully saturated rings. The number of benzene rings is 3. The van der Waals surface area contributed by atoms with Gasteiger partial charge in [-0.1, -0.05) is 54.6 Å². The second-order valence-corrected chi connectivity index (χ2v) is 7.27. The third-order valence-electron chi connectivity index (χ3n) is 4.50. The van der Waals surface area contributed by atoms with Gasteiger partial charge in [0.05, 0.1) is 11.3 Å². The van der Waals surface area contributed by atoms with Crippen LogP contribution >= 0.6 is 12.2 Å². The Kier molecular flexibility index (Phi) is 8.22. The Labute approximate surface area is 191 Å². The summed E-state index contributed by atoms with van der Waals surface area (Å²) in [7, 11) is 0. The number of hydrogen-bond donors (Lipinski definition) is 3. The molecule has 0 saturated heterocycles. The largest absolute Gasteiger partial charge is 0.352 e. The minimum Gasteiger partial charge on any atom is -0.352 e. The van der Waals surface area contributed by atoms with Crippen LogP contribution in [0.3, 0.4) is 0 Å². The predicted molar refractivity (Wildman–Crippen MR) is 129 cm³/mol. The standard InChI is InChI=1S/C25H22FN3O2S/c26-20-13-10-19(11-14-20)12-15-23(30)29-25(32)28-22-9-5-4-8-21(22)24(31)27-17-16-18-6-2-1-3-7-18/h1-15H,16-17H2,(H,27,31)(H2,28,29,30,32). The monoisotopic (exact) mass is 447 g/mol. The highest BCUT2D eigenvalue weighted by Gasteiger charge is 2.12. The molecule has 5 nitrogen and oxygen atoms in total. The molecule has 0 aromatic heterocycles. The van der Waals surface area contributed by atoms with Crippen molar-refractivity contribution in [3.63, 3.8) is 0 Å². The molecule has 162 valence electrons. The minimum atomic E-state index is -0.448. The van der Waals surface area contributed by atoms with E-state index in [4.69, 9.17) is 12.2 Å². The van der Waals surface area contributed by atoms with Crippen molar-refractivity contribution in [2.75, 3.05) is 11.9 Å². The number of nitrogens with one attached hydrogen (secondary N) is 3. The molecule has 2 amide bonds. The summed E-state index contributed by atoms with van der Waals surface area (Å²) in [6.45, 7) is 0.493. The van der Waals surface area contributed by atoms with Crippen LogP contribution < -0.4 is 16.0 Å². The molecule has 3 aromatic carbocycles. The van der Waals surface area contributed by atoms with Gasteiger partial charge in [0.15, 0.2) is 5.11 Å². The molecule has 3 rings (SSSR count). The second-order valence-electron chi connectivity index (χ2n) is 6.87. The Bertz CT molecular complexity index is 1120. The number of anilines is 1. The second kappa shape index (κ2) is 11.5. The quantitative estimate of drug-likeness (QED) is 0.373. The molecule has 0 aliphatic rings. The van der Waals surface area contributed by atoms with Crippen molar-refractivity contribution in [3.8, 4) is 0 Å². The maximum atomic E-state index is 12.9. The number of thiocarbonyl (C=S) groups is 1. The first-order valence-electron chi connectivity index (χ1n) is 9.98. The molecule has 0 bridgehead atoms. The van der Waals surface area contributed by atoms with E-state index >= 15 is 0 Å². The summed E-state index contributed by atoms with van der Waals surface area (Å²) < 4.78 is 12.9. The molecule has 0 atom stereocenters. The van der Waals surface area contributed by atoms with Crippen LogP contribution in [0.1, 0.15) is 21.5 Å². The molecule has 0 unspecified atom stereocenters. The lowest BCUT2D eigenvalue weighted by atomic mass is 10.1. The van der Waals surface area contributed by atoms with Crippen LogP contribution in [0.2, 0.25) is 0 Å². The van der Waals surface area contributed by atoms with Crippen LogP contribution in [0.5, 0.6) is 0 Å². The minimum absolute atomic E-state index is 0.0586. The third-order valence-corrected chi connectivity index (χ3v) is 4.70. The van der Waals surface area contributed by atoms with E-state index in [-0.39, 0.29) is 16.8 Å². The van der Waals surface area contributed by atoms with Crippen LogP contribution in [0.15, 0.2) is 84.9 Å². The van der Waals surface area contributed by atoms with E-state index in [2.05, 4.69) is 16.0 Å². The Morgan fingerprint density at radius 1 is 0.906 bits per heavy atom. The average Bonchev–Trinajstić information content (AvgIpc) is 2.79. The average molecular weight is 448 g/mol. The van der Waals surface area contributed by atoms with Crippen LogP contribution in [-0.2, 0) is 11.2 Å². The van der Waals surface area contributed by atoms with E-state index in [1.54, 1.807) is 42.5 Å². The first-order valence-corrected chi connectivity index (χ1v) is 10.4. The fourth-order valence-electron chi connectivity index (χ4n) is 2.90. The molecule has 0 aliphatic heterocycles. The van der Waals surface area contributed by atoms with Gasteiger partial charge in [-0.2, -0.15) is 0 Å². The Morgan fingerprint density at radius 3 is 2.34 bits per heavy atom. The highest BCUT2D eigenvalue weighted by Crippen LogP contribution is 2.15. The highest BCUT2D eigenvalue weighted by atomic mass is 32.1. The van der Waals surface area contributed by atoms with Crippen molar-refractivity contribution < 1.29 is 14.0 Å². The van der Waals surface area contributed by atoms with Gasteiger partial charge in [0.25, 0.3) is 5.91 Å². The van der Waals surface area contributed by atoms with E-state index in [0.29, 0.717) is 23.4 Å².